The van der Waals surface area contributed by atoms with Gasteiger partial charge in [-0.05, 0) is 54.6 Å². The second-order valence-corrected chi connectivity index (χ2v) is 6.64. The Balaban J connectivity index is 1.32. The van der Waals surface area contributed by atoms with E-state index in [4.69, 9.17) is 16.3 Å². The van der Waals surface area contributed by atoms with Crippen LogP contribution in [0, 0.1) is 0 Å². The fraction of sp³-hybridized carbons (Fsp3) is 0.0476. The van der Waals surface area contributed by atoms with Crippen LogP contribution in [0.3, 0.4) is 0 Å². The van der Waals surface area contributed by atoms with Gasteiger partial charge in [0.05, 0.1) is 0 Å². The number of carbonyl (C=O) groups is 1. The van der Waals surface area contributed by atoms with Gasteiger partial charge in [0.2, 0.25) is 0 Å². The van der Waals surface area contributed by atoms with Crippen LogP contribution in [0.5, 0.6) is 5.75 Å². The van der Waals surface area contributed by atoms with Crippen molar-refractivity contribution in [1.82, 2.24) is 19.7 Å². The van der Waals surface area contributed by atoms with Crippen molar-refractivity contribution in [3.05, 3.63) is 84.4 Å². The maximum Gasteiger partial charge on any atom is 0.262 e. The van der Waals surface area contributed by atoms with E-state index < -0.39 is 0 Å². The quantitative estimate of drug-likeness (QED) is 0.468. The molecule has 0 saturated carbocycles. The molecule has 1 amide bonds. The Morgan fingerprint density at radius 2 is 1.80 bits per heavy atom. The molecule has 0 spiro atoms. The van der Waals surface area contributed by atoms with Gasteiger partial charge >= 0.3 is 0 Å². The Bertz CT molecular complexity index is 1120. The van der Waals surface area contributed by atoms with E-state index in [1.54, 1.807) is 59.5 Å². The van der Waals surface area contributed by atoms with Gasteiger partial charge in [-0.15, -0.1) is 0 Å². The molecule has 0 aliphatic heterocycles. The number of amides is 1. The summed E-state index contributed by atoms with van der Waals surface area (Å²) in [4.78, 5) is 20.5. The maximum absolute atomic E-state index is 12.1. The summed E-state index contributed by atoms with van der Waals surface area (Å²) < 4.78 is 7.09. The Morgan fingerprint density at radius 1 is 1.03 bits per heavy atom. The fourth-order valence-electron chi connectivity index (χ4n) is 2.61. The van der Waals surface area contributed by atoms with Crippen LogP contribution in [0.25, 0.3) is 5.82 Å². The van der Waals surface area contributed by atoms with Gasteiger partial charge in [-0.25, -0.2) is 14.6 Å². The van der Waals surface area contributed by atoms with E-state index in [2.05, 4.69) is 25.7 Å². The standard InChI is InChI=1S/C21H17ClN6O2/c22-15-2-8-18(9-3-15)30-13-21(29)27-17-6-4-16(5-7-17)26-19-12-20(24-14-23-19)28-11-1-10-25-28/h1-12,14H,13H2,(H,27,29)(H,23,24,26). The van der Waals surface area contributed by atoms with E-state index in [0.717, 1.165) is 5.69 Å². The lowest BCUT2D eigenvalue weighted by molar-refractivity contribution is -0.118. The molecule has 0 atom stereocenters. The SMILES string of the molecule is O=C(COc1ccc(Cl)cc1)Nc1ccc(Nc2cc(-n3cccn3)ncn2)cc1. The zero-order valence-corrected chi connectivity index (χ0v) is 16.5. The first kappa shape index (κ1) is 19.4. The van der Waals surface area contributed by atoms with Crippen LogP contribution < -0.4 is 15.4 Å². The molecule has 8 nitrogen and oxygen atoms in total. The lowest BCUT2D eigenvalue weighted by atomic mass is 10.2. The highest BCUT2D eigenvalue weighted by Gasteiger charge is 2.05. The van der Waals surface area contributed by atoms with Gasteiger partial charge in [0.25, 0.3) is 5.91 Å². The van der Waals surface area contributed by atoms with Crippen molar-refractivity contribution in [3.8, 4) is 11.6 Å². The number of aromatic nitrogens is 4. The van der Waals surface area contributed by atoms with Crippen molar-refractivity contribution in [2.24, 2.45) is 0 Å². The smallest absolute Gasteiger partial charge is 0.262 e. The van der Waals surface area contributed by atoms with Gasteiger partial charge in [-0.2, -0.15) is 5.10 Å². The van der Waals surface area contributed by atoms with Crippen LogP contribution >= 0.6 is 11.6 Å². The summed E-state index contributed by atoms with van der Waals surface area (Å²) in [6.45, 7) is -0.0984. The summed E-state index contributed by atoms with van der Waals surface area (Å²) in [6.07, 6.45) is 4.96. The molecule has 2 aromatic carbocycles. The van der Waals surface area contributed by atoms with Gasteiger partial charge in [-0.1, -0.05) is 11.6 Å². The van der Waals surface area contributed by atoms with Crippen molar-refractivity contribution in [1.29, 1.82) is 0 Å². The first-order chi connectivity index (χ1) is 14.7. The monoisotopic (exact) mass is 420 g/mol. The van der Waals surface area contributed by atoms with E-state index >= 15 is 0 Å². The molecule has 2 aromatic heterocycles. The molecule has 0 aliphatic carbocycles. The van der Waals surface area contributed by atoms with Crippen molar-refractivity contribution < 1.29 is 9.53 Å². The van der Waals surface area contributed by atoms with E-state index in [1.807, 2.05) is 18.2 Å². The zero-order valence-electron chi connectivity index (χ0n) is 15.7. The molecule has 2 N–H and O–H groups in total. The van der Waals surface area contributed by atoms with Gasteiger partial charge in [0.15, 0.2) is 12.4 Å². The first-order valence-electron chi connectivity index (χ1n) is 9.03. The molecule has 0 fully saturated rings. The molecule has 30 heavy (non-hydrogen) atoms. The summed E-state index contributed by atoms with van der Waals surface area (Å²) in [7, 11) is 0. The number of halogens is 1. The molecule has 9 heteroatoms. The number of nitrogens with zero attached hydrogens (tertiary/aromatic N) is 4. The third-order valence-corrected chi connectivity index (χ3v) is 4.27. The number of carbonyl (C=O) groups excluding carboxylic acids is 1. The third kappa shape index (κ3) is 5.12. The van der Waals surface area contributed by atoms with Gasteiger partial charge < -0.3 is 15.4 Å². The topological polar surface area (TPSA) is 94.0 Å². The zero-order chi connectivity index (χ0) is 20.8. The molecule has 0 unspecified atom stereocenters. The van der Waals surface area contributed by atoms with Gasteiger partial charge in [0, 0.05) is 34.9 Å². The number of anilines is 3. The van der Waals surface area contributed by atoms with Crippen LogP contribution in [0.4, 0.5) is 17.2 Å². The predicted molar refractivity (Wildman–Crippen MR) is 114 cm³/mol. The number of ether oxygens (including phenoxy) is 1. The van der Waals surface area contributed by atoms with Crippen molar-refractivity contribution >= 4 is 34.7 Å². The normalized spacial score (nSPS) is 10.4. The lowest BCUT2D eigenvalue weighted by Crippen LogP contribution is -2.20. The molecule has 2 heterocycles. The molecule has 4 rings (SSSR count). The summed E-state index contributed by atoms with van der Waals surface area (Å²) in [5.74, 6) is 1.60. The van der Waals surface area contributed by atoms with Crippen LogP contribution in [0.15, 0.2) is 79.4 Å². The van der Waals surface area contributed by atoms with E-state index in [-0.39, 0.29) is 12.5 Å². The summed E-state index contributed by atoms with van der Waals surface area (Å²) in [5.41, 5.74) is 1.47. The molecule has 0 saturated heterocycles. The summed E-state index contributed by atoms with van der Waals surface area (Å²) in [6, 6.07) is 17.7. The molecule has 0 radical (unpaired) electrons. The van der Waals surface area contributed by atoms with Crippen LogP contribution in [0.1, 0.15) is 0 Å². The number of rotatable bonds is 7. The fourth-order valence-corrected chi connectivity index (χ4v) is 2.73. The minimum Gasteiger partial charge on any atom is -0.484 e. The minimum absolute atomic E-state index is 0.0984. The Labute approximate surface area is 177 Å². The molecule has 0 aliphatic rings. The average Bonchev–Trinajstić information content (AvgIpc) is 3.30. The number of nitrogens with one attached hydrogen (secondary N) is 2. The Kier molecular flexibility index (Phi) is 5.86. The molecule has 150 valence electrons. The molecule has 0 bridgehead atoms. The molecule has 4 aromatic rings. The van der Waals surface area contributed by atoms with Crippen molar-refractivity contribution in [2.75, 3.05) is 17.2 Å². The van der Waals surface area contributed by atoms with Crippen molar-refractivity contribution in [2.45, 2.75) is 0 Å². The number of hydrogen-bond donors (Lipinski definition) is 2. The Morgan fingerprint density at radius 3 is 2.53 bits per heavy atom. The first-order valence-corrected chi connectivity index (χ1v) is 9.41. The van der Waals surface area contributed by atoms with E-state index in [9.17, 15) is 4.79 Å². The maximum atomic E-state index is 12.1. The Hall–Kier alpha value is -3.91. The third-order valence-electron chi connectivity index (χ3n) is 4.02. The van der Waals surface area contributed by atoms with Gasteiger partial charge in [-0.3, -0.25) is 4.79 Å². The largest absolute Gasteiger partial charge is 0.484 e. The summed E-state index contributed by atoms with van der Waals surface area (Å²) >= 11 is 5.83. The summed E-state index contributed by atoms with van der Waals surface area (Å²) in [5, 5.41) is 10.8. The highest BCUT2D eigenvalue weighted by molar-refractivity contribution is 6.30. The highest BCUT2D eigenvalue weighted by atomic mass is 35.5. The average molecular weight is 421 g/mol. The molecular formula is C21H17ClN6O2. The predicted octanol–water partition coefficient (Wildman–Crippen LogP) is 4.08. The highest BCUT2D eigenvalue weighted by Crippen LogP contribution is 2.19. The number of hydrogen-bond acceptors (Lipinski definition) is 6. The van der Waals surface area contributed by atoms with E-state index in [1.165, 1.54) is 6.33 Å². The van der Waals surface area contributed by atoms with Gasteiger partial charge in [0.1, 0.15) is 17.9 Å². The van der Waals surface area contributed by atoms with Crippen molar-refractivity contribution in [3.63, 3.8) is 0 Å². The van der Waals surface area contributed by atoms with E-state index in [0.29, 0.717) is 28.1 Å². The lowest BCUT2D eigenvalue weighted by Gasteiger charge is -2.10. The molecular weight excluding hydrogens is 404 g/mol. The second kappa shape index (κ2) is 9.06. The minimum atomic E-state index is -0.259. The van der Waals surface area contributed by atoms with Crippen LogP contribution in [0.2, 0.25) is 5.02 Å². The number of benzene rings is 2. The van der Waals surface area contributed by atoms with Crippen LogP contribution in [-0.2, 0) is 4.79 Å². The second-order valence-electron chi connectivity index (χ2n) is 6.21. The van der Waals surface area contributed by atoms with Crippen LogP contribution in [-0.4, -0.2) is 32.3 Å².